The molecule has 0 fully saturated rings. The lowest BCUT2D eigenvalue weighted by atomic mass is 9.97. The molecule has 4 aromatic rings. The quantitative estimate of drug-likeness (QED) is 0.423. The first-order valence-electron chi connectivity index (χ1n) is 10.2. The molecule has 0 spiro atoms. The summed E-state index contributed by atoms with van der Waals surface area (Å²) in [6.07, 6.45) is 5.62. The maximum absolute atomic E-state index is 13.3. The number of rotatable bonds is 5. The molecule has 0 aliphatic heterocycles. The van der Waals surface area contributed by atoms with Crippen LogP contribution in [0.1, 0.15) is 29.7 Å². The van der Waals surface area contributed by atoms with Crippen LogP contribution in [0, 0.1) is 13.8 Å². The van der Waals surface area contributed by atoms with Crippen LogP contribution in [0.15, 0.2) is 64.5 Å². The van der Waals surface area contributed by atoms with E-state index in [1.54, 1.807) is 35.8 Å². The van der Waals surface area contributed by atoms with Gasteiger partial charge < -0.3 is 9.88 Å². The summed E-state index contributed by atoms with van der Waals surface area (Å²) in [5.41, 5.74) is 4.87. The van der Waals surface area contributed by atoms with E-state index in [9.17, 15) is 4.79 Å². The zero-order chi connectivity index (χ0) is 22.1. The second-order valence-electron chi connectivity index (χ2n) is 7.86. The number of hydrogen-bond acceptors (Lipinski definition) is 5. The van der Waals surface area contributed by atoms with Crippen LogP contribution in [0.3, 0.4) is 0 Å². The molecule has 0 radical (unpaired) electrons. The molecule has 0 saturated carbocycles. The van der Waals surface area contributed by atoms with Gasteiger partial charge in [0.05, 0.1) is 5.69 Å². The minimum absolute atomic E-state index is 0.00888. The molecule has 2 aromatic heterocycles. The summed E-state index contributed by atoms with van der Waals surface area (Å²) in [4.78, 5) is 23.4. The maximum Gasteiger partial charge on any atom is 0.258 e. The summed E-state index contributed by atoms with van der Waals surface area (Å²) >= 11 is 1.71. The van der Waals surface area contributed by atoms with Crippen molar-refractivity contribution in [2.45, 2.75) is 31.7 Å². The van der Waals surface area contributed by atoms with E-state index in [0.717, 1.165) is 27.8 Å². The van der Waals surface area contributed by atoms with Gasteiger partial charge in [-0.1, -0.05) is 18.2 Å². The third-order valence-electron chi connectivity index (χ3n) is 5.49. The highest BCUT2D eigenvalue weighted by atomic mass is 32.2. The Morgan fingerprint density at radius 2 is 1.71 bits per heavy atom. The van der Waals surface area contributed by atoms with Gasteiger partial charge in [0.15, 0.2) is 5.82 Å². The fraction of sp³-hybridized carbons (Fsp3) is 0.240. The minimum Gasteiger partial charge on any atom is -0.378 e. The Morgan fingerprint density at radius 1 is 1.00 bits per heavy atom. The number of para-hydroxylation sites is 1. The van der Waals surface area contributed by atoms with Crippen LogP contribution in [-0.2, 0) is 7.05 Å². The molecule has 2 heterocycles. The summed E-state index contributed by atoms with van der Waals surface area (Å²) in [5.74, 6) is 0.548. The summed E-state index contributed by atoms with van der Waals surface area (Å²) < 4.78 is 1.64. The van der Waals surface area contributed by atoms with Crippen molar-refractivity contribution in [1.82, 2.24) is 14.5 Å². The smallest absolute Gasteiger partial charge is 0.258 e. The molecule has 0 bridgehead atoms. The number of hydrogen-bond donors (Lipinski definition) is 1. The van der Waals surface area contributed by atoms with Crippen molar-refractivity contribution in [3.05, 3.63) is 81.9 Å². The summed E-state index contributed by atoms with van der Waals surface area (Å²) in [7, 11) is 1.78. The van der Waals surface area contributed by atoms with Gasteiger partial charge in [0.1, 0.15) is 0 Å². The fourth-order valence-corrected chi connectivity index (χ4v) is 4.42. The number of fused-ring (bicyclic) bond motifs is 1. The van der Waals surface area contributed by atoms with Crippen LogP contribution in [-0.4, -0.2) is 20.8 Å². The SMILES string of the molecule is CSc1ccccc1N[C@H](C)c1cc(C)cc2c(=O)n(C)c(-c3ncc(C)cn3)cc12. The Labute approximate surface area is 186 Å². The van der Waals surface area contributed by atoms with Crippen LogP contribution in [0.5, 0.6) is 0 Å². The highest BCUT2D eigenvalue weighted by Crippen LogP contribution is 2.32. The van der Waals surface area contributed by atoms with Gasteiger partial charge in [0.25, 0.3) is 5.56 Å². The lowest BCUT2D eigenvalue weighted by molar-refractivity contribution is 0.862. The van der Waals surface area contributed by atoms with Crippen molar-refractivity contribution >= 4 is 28.2 Å². The van der Waals surface area contributed by atoms with Crippen LogP contribution < -0.4 is 10.9 Å². The average molecular weight is 431 g/mol. The van der Waals surface area contributed by atoms with E-state index in [-0.39, 0.29) is 11.6 Å². The molecule has 0 amide bonds. The predicted molar refractivity (Wildman–Crippen MR) is 130 cm³/mol. The molecule has 1 atom stereocenters. The number of anilines is 1. The summed E-state index contributed by atoms with van der Waals surface area (Å²) in [5, 5.41) is 5.27. The van der Waals surface area contributed by atoms with Gasteiger partial charge in [0.2, 0.25) is 0 Å². The molecule has 0 unspecified atom stereocenters. The second-order valence-corrected chi connectivity index (χ2v) is 8.71. The fourth-order valence-electron chi connectivity index (χ4n) is 3.86. The molecule has 6 heteroatoms. The molecule has 158 valence electrons. The van der Waals surface area contributed by atoms with Crippen molar-refractivity contribution in [3.8, 4) is 11.5 Å². The van der Waals surface area contributed by atoms with E-state index < -0.39 is 0 Å². The van der Waals surface area contributed by atoms with Crippen LogP contribution in [0.4, 0.5) is 5.69 Å². The van der Waals surface area contributed by atoms with E-state index in [1.807, 2.05) is 38.1 Å². The maximum atomic E-state index is 13.3. The summed E-state index contributed by atoms with van der Waals surface area (Å²) in [6.45, 7) is 6.11. The topological polar surface area (TPSA) is 59.8 Å². The Hall–Kier alpha value is -3.12. The molecule has 31 heavy (non-hydrogen) atoms. The van der Waals surface area contributed by atoms with Gasteiger partial charge in [-0.25, -0.2) is 9.97 Å². The lowest BCUT2D eigenvalue weighted by Crippen LogP contribution is -2.20. The van der Waals surface area contributed by atoms with Crippen LogP contribution in [0.2, 0.25) is 0 Å². The third kappa shape index (κ3) is 4.08. The Bertz CT molecular complexity index is 1310. The zero-order valence-electron chi connectivity index (χ0n) is 18.4. The predicted octanol–water partition coefficient (Wildman–Crippen LogP) is 5.51. The number of aryl methyl sites for hydroxylation is 2. The Balaban J connectivity index is 1.88. The van der Waals surface area contributed by atoms with Gasteiger partial charge in [-0.15, -0.1) is 11.8 Å². The van der Waals surface area contributed by atoms with E-state index in [2.05, 4.69) is 46.7 Å². The monoisotopic (exact) mass is 430 g/mol. The van der Waals surface area contributed by atoms with Crippen molar-refractivity contribution in [3.63, 3.8) is 0 Å². The molecule has 0 aliphatic rings. The molecular formula is C25H26N4OS. The highest BCUT2D eigenvalue weighted by Gasteiger charge is 2.17. The summed E-state index contributed by atoms with van der Waals surface area (Å²) in [6, 6.07) is 14.4. The molecular weight excluding hydrogens is 404 g/mol. The Kier molecular flexibility index (Phi) is 5.83. The number of pyridine rings is 1. The van der Waals surface area contributed by atoms with Gasteiger partial charge in [-0.05, 0) is 73.4 Å². The molecule has 4 rings (SSSR count). The highest BCUT2D eigenvalue weighted by molar-refractivity contribution is 7.98. The third-order valence-corrected chi connectivity index (χ3v) is 6.29. The van der Waals surface area contributed by atoms with Gasteiger partial charge >= 0.3 is 0 Å². The standard InChI is InChI=1S/C25H26N4OS/c1-15-10-18(17(3)28-21-8-6-7-9-23(21)31-5)19-12-22(24-26-13-16(2)14-27-24)29(4)25(30)20(19)11-15/h6-14,17,28H,1-5H3/t17-/m1/s1. The largest absolute Gasteiger partial charge is 0.378 e. The Morgan fingerprint density at radius 3 is 2.42 bits per heavy atom. The van der Waals surface area contributed by atoms with Crippen LogP contribution in [0.25, 0.3) is 22.3 Å². The lowest BCUT2D eigenvalue weighted by Gasteiger charge is -2.21. The average Bonchev–Trinajstić information content (AvgIpc) is 2.77. The van der Waals surface area contributed by atoms with E-state index in [4.69, 9.17) is 0 Å². The minimum atomic E-state index is -0.0432. The first kappa shape index (κ1) is 21.1. The van der Waals surface area contributed by atoms with Crippen molar-refractivity contribution < 1.29 is 0 Å². The molecule has 0 aliphatic carbocycles. The first-order chi connectivity index (χ1) is 14.9. The van der Waals surface area contributed by atoms with Crippen molar-refractivity contribution in [2.75, 3.05) is 11.6 Å². The number of nitrogens with one attached hydrogen (secondary N) is 1. The molecule has 1 N–H and O–H groups in total. The molecule has 0 saturated heterocycles. The van der Waals surface area contributed by atoms with Gasteiger partial charge in [0, 0.05) is 41.5 Å². The molecule has 2 aromatic carbocycles. The first-order valence-corrected chi connectivity index (χ1v) is 11.4. The second kappa shape index (κ2) is 8.55. The van der Waals surface area contributed by atoms with E-state index in [0.29, 0.717) is 16.9 Å². The van der Waals surface area contributed by atoms with Crippen LogP contribution >= 0.6 is 11.8 Å². The molecule has 5 nitrogen and oxygen atoms in total. The normalized spacial score (nSPS) is 12.2. The number of nitrogens with zero attached hydrogens (tertiary/aromatic N) is 3. The van der Waals surface area contributed by atoms with E-state index >= 15 is 0 Å². The zero-order valence-corrected chi connectivity index (χ0v) is 19.2. The van der Waals surface area contributed by atoms with Crippen molar-refractivity contribution in [2.24, 2.45) is 7.05 Å². The van der Waals surface area contributed by atoms with Gasteiger partial charge in [-0.3, -0.25) is 4.79 Å². The van der Waals surface area contributed by atoms with Gasteiger partial charge in [-0.2, -0.15) is 0 Å². The number of thioether (sulfide) groups is 1. The number of aromatic nitrogens is 3. The van der Waals surface area contributed by atoms with Crippen molar-refractivity contribution in [1.29, 1.82) is 0 Å². The van der Waals surface area contributed by atoms with E-state index in [1.165, 1.54) is 4.90 Å². The number of benzene rings is 2.